The third kappa shape index (κ3) is 3.00. The molecular weight excluding hydrogens is 270 g/mol. The number of methoxy groups -OCH3 is 2. The predicted octanol–water partition coefficient (Wildman–Crippen LogP) is 2.57. The van der Waals surface area contributed by atoms with Crippen LogP contribution in [0.1, 0.15) is 31.2 Å². The zero-order chi connectivity index (χ0) is 14.7. The third-order valence-electron chi connectivity index (χ3n) is 3.66. The summed E-state index contributed by atoms with van der Waals surface area (Å²) in [4.78, 5) is 4.50. The molecule has 0 spiro atoms. The van der Waals surface area contributed by atoms with Gasteiger partial charge >= 0.3 is 0 Å². The highest BCUT2D eigenvalue weighted by Crippen LogP contribution is 2.29. The van der Waals surface area contributed by atoms with Gasteiger partial charge in [-0.1, -0.05) is 11.6 Å². The van der Waals surface area contributed by atoms with Crippen molar-refractivity contribution in [3.8, 4) is 22.9 Å². The van der Waals surface area contributed by atoms with E-state index in [0.29, 0.717) is 23.2 Å². The highest BCUT2D eigenvalue weighted by molar-refractivity contribution is 5.60. The summed E-state index contributed by atoms with van der Waals surface area (Å²) in [6.45, 7) is 0.995. The normalized spacial score (nSPS) is 18.5. The van der Waals surface area contributed by atoms with E-state index in [1.165, 1.54) is 12.8 Å². The van der Waals surface area contributed by atoms with Gasteiger partial charge in [-0.15, -0.1) is 0 Å². The van der Waals surface area contributed by atoms with Crippen LogP contribution in [0.5, 0.6) is 11.5 Å². The summed E-state index contributed by atoms with van der Waals surface area (Å²) in [5.41, 5.74) is 0.817. The van der Waals surface area contributed by atoms with Gasteiger partial charge < -0.3 is 19.3 Å². The van der Waals surface area contributed by atoms with Gasteiger partial charge in [0, 0.05) is 11.6 Å². The van der Waals surface area contributed by atoms with Crippen molar-refractivity contribution in [3.63, 3.8) is 0 Å². The zero-order valence-electron chi connectivity index (χ0n) is 12.3. The Morgan fingerprint density at radius 2 is 1.90 bits per heavy atom. The fourth-order valence-corrected chi connectivity index (χ4v) is 2.49. The Hall–Kier alpha value is -2.08. The van der Waals surface area contributed by atoms with E-state index < -0.39 is 0 Å². The summed E-state index contributed by atoms with van der Waals surface area (Å²) < 4.78 is 15.9. The van der Waals surface area contributed by atoms with E-state index in [-0.39, 0.29) is 6.04 Å². The Morgan fingerprint density at radius 3 is 2.52 bits per heavy atom. The summed E-state index contributed by atoms with van der Waals surface area (Å²) in [6, 6.07) is 5.71. The molecule has 1 aliphatic rings. The molecular formula is C15H19N3O3. The van der Waals surface area contributed by atoms with E-state index >= 15 is 0 Å². The maximum atomic E-state index is 5.40. The van der Waals surface area contributed by atoms with E-state index in [1.54, 1.807) is 14.2 Å². The molecule has 0 amide bonds. The van der Waals surface area contributed by atoms with E-state index in [9.17, 15) is 0 Å². The largest absolute Gasteiger partial charge is 0.497 e. The Labute approximate surface area is 123 Å². The zero-order valence-corrected chi connectivity index (χ0v) is 12.3. The smallest absolute Gasteiger partial charge is 0.244 e. The second-order valence-electron chi connectivity index (χ2n) is 5.06. The molecule has 1 fully saturated rings. The number of nitrogens with zero attached hydrogens (tertiary/aromatic N) is 2. The molecule has 0 radical (unpaired) electrons. The van der Waals surface area contributed by atoms with Gasteiger partial charge in [-0.2, -0.15) is 4.98 Å². The molecule has 1 atom stereocenters. The Balaban J connectivity index is 1.88. The number of hydrogen-bond donors (Lipinski definition) is 1. The van der Waals surface area contributed by atoms with E-state index in [4.69, 9.17) is 14.0 Å². The molecule has 6 nitrogen and oxygen atoms in total. The second kappa shape index (κ2) is 6.13. The average molecular weight is 289 g/mol. The molecule has 1 N–H and O–H groups in total. The molecule has 1 aromatic carbocycles. The molecule has 0 unspecified atom stereocenters. The minimum absolute atomic E-state index is 0.160. The van der Waals surface area contributed by atoms with Crippen molar-refractivity contribution >= 4 is 0 Å². The lowest BCUT2D eigenvalue weighted by Crippen LogP contribution is -2.26. The first-order valence-corrected chi connectivity index (χ1v) is 7.10. The van der Waals surface area contributed by atoms with Crippen molar-refractivity contribution < 1.29 is 14.0 Å². The first kappa shape index (κ1) is 13.9. The topological polar surface area (TPSA) is 69.4 Å². The van der Waals surface area contributed by atoms with Crippen molar-refractivity contribution in [1.29, 1.82) is 0 Å². The van der Waals surface area contributed by atoms with Crippen molar-refractivity contribution in [1.82, 2.24) is 15.5 Å². The standard InChI is InChI=1S/C15H19N3O3/c1-19-11-7-10(8-12(9-11)20-2)14-17-15(21-18-14)13-5-3-4-6-16-13/h7-9,13,16H,3-6H2,1-2H3/t13-/m0/s1. The molecule has 3 rings (SSSR count). The van der Waals surface area contributed by atoms with Crippen molar-refractivity contribution in [3.05, 3.63) is 24.1 Å². The lowest BCUT2D eigenvalue weighted by atomic mass is 10.1. The minimum Gasteiger partial charge on any atom is -0.497 e. The van der Waals surface area contributed by atoms with Gasteiger partial charge in [-0.25, -0.2) is 0 Å². The van der Waals surface area contributed by atoms with Gasteiger partial charge in [-0.05, 0) is 31.5 Å². The van der Waals surface area contributed by atoms with Crippen molar-refractivity contribution in [2.24, 2.45) is 0 Å². The van der Waals surface area contributed by atoms with E-state index in [0.717, 1.165) is 18.5 Å². The van der Waals surface area contributed by atoms with Crippen LogP contribution in [-0.4, -0.2) is 30.9 Å². The van der Waals surface area contributed by atoms with Gasteiger partial charge in [-0.3, -0.25) is 0 Å². The fraction of sp³-hybridized carbons (Fsp3) is 0.467. The lowest BCUT2D eigenvalue weighted by molar-refractivity contribution is 0.297. The van der Waals surface area contributed by atoms with Gasteiger partial charge in [0.25, 0.3) is 0 Å². The van der Waals surface area contributed by atoms with Crippen LogP contribution in [0.4, 0.5) is 0 Å². The Kier molecular flexibility index (Phi) is 4.06. The summed E-state index contributed by atoms with van der Waals surface area (Å²) in [7, 11) is 3.23. The van der Waals surface area contributed by atoms with Gasteiger partial charge in [0.15, 0.2) is 0 Å². The van der Waals surface area contributed by atoms with Crippen molar-refractivity contribution in [2.45, 2.75) is 25.3 Å². The Bertz CT molecular complexity index is 584. The molecule has 1 aromatic heterocycles. The quantitative estimate of drug-likeness (QED) is 0.933. The van der Waals surface area contributed by atoms with Crippen LogP contribution in [-0.2, 0) is 0 Å². The molecule has 0 bridgehead atoms. The maximum Gasteiger partial charge on any atom is 0.244 e. The molecule has 0 aliphatic carbocycles. The number of benzene rings is 1. The van der Waals surface area contributed by atoms with E-state index in [2.05, 4.69) is 15.5 Å². The monoisotopic (exact) mass is 289 g/mol. The number of ether oxygens (including phenoxy) is 2. The van der Waals surface area contributed by atoms with Gasteiger partial charge in [0.05, 0.1) is 20.3 Å². The molecule has 1 saturated heterocycles. The van der Waals surface area contributed by atoms with Crippen LogP contribution < -0.4 is 14.8 Å². The van der Waals surface area contributed by atoms with Crippen LogP contribution in [0.3, 0.4) is 0 Å². The second-order valence-corrected chi connectivity index (χ2v) is 5.06. The average Bonchev–Trinajstić information content (AvgIpc) is 3.05. The number of nitrogens with one attached hydrogen (secondary N) is 1. The highest BCUT2D eigenvalue weighted by atomic mass is 16.5. The molecule has 112 valence electrons. The predicted molar refractivity (Wildman–Crippen MR) is 77.4 cm³/mol. The van der Waals surface area contributed by atoms with Crippen LogP contribution in [0.15, 0.2) is 22.7 Å². The lowest BCUT2D eigenvalue weighted by Gasteiger charge is -2.19. The number of rotatable bonds is 4. The number of aromatic nitrogens is 2. The maximum absolute atomic E-state index is 5.40. The van der Waals surface area contributed by atoms with E-state index in [1.807, 2.05) is 18.2 Å². The number of piperidine rings is 1. The third-order valence-corrected chi connectivity index (χ3v) is 3.66. The van der Waals surface area contributed by atoms with Gasteiger partial charge in [0.2, 0.25) is 11.7 Å². The fourth-order valence-electron chi connectivity index (χ4n) is 2.49. The van der Waals surface area contributed by atoms with Crippen LogP contribution in [0.25, 0.3) is 11.4 Å². The molecule has 6 heteroatoms. The van der Waals surface area contributed by atoms with Crippen LogP contribution in [0, 0.1) is 0 Å². The highest BCUT2D eigenvalue weighted by Gasteiger charge is 2.21. The van der Waals surface area contributed by atoms with Crippen LogP contribution >= 0.6 is 0 Å². The first-order chi connectivity index (χ1) is 10.3. The van der Waals surface area contributed by atoms with Crippen LogP contribution in [0.2, 0.25) is 0 Å². The molecule has 2 heterocycles. The summed E-state index contributed by atoms with van der Waals surface area (Å²) in [5.74, 6) is 2.60. The molecule has 0 saturated carbocycles. The molecule has 21 heavy (non-hydrogen) atoms. The molecule has 2 aromatic rings. The SMILES string of the molecule is COc1cc(OC)cc(-c2noc([C@@H]3CCCCN3)n2)c1. The molecule has 1 aliphatic heterocycles. The summed E-state index contributed by atoms with van der Waals surface area (Å²) in [5, 5.41) is 7.47. The number of hydrogen-bond acceptors (Lipinski definition) is 6. The minimum atomic E-state index is 0.160. The Morgan fingerprint density at radius 1 is 1.14 bits per heavy atom. The van der Waals surface area contributed by atoms with Gasteiger partial charge in [0.1, 0.15) is 11.5 Å². The van der Waals surface area contributed by atoms with Crippen molar-refractivity contribution in [2.75, 3.05) is 20.8 Å². The first-order valence-electron chi connectivity index (χ1n) is 7.10. The summed E-state index contributed by atoms with van der Waals surface area (Å²) >= 11 is 0. The summed E-state index contributed by atoms with van der Waals surface area (Å²) in [6.07, 6.45) is 3.41.